The molecule has 3 heterocycles. The zero-order chi connectivity index (χ0) is 10.4. The van der Waals surface area contributed by atoms with E-state index in [1.54, 1.807) is 11.2 Å². The van der Waals surface area contributed by atoms with Crippen molar-refractivity contribution in [1.29, 1.82) is 0 Å². The van der Waals surface area contributed by atoms with Gasteiger partial charge < -0.3 is 14.5 Å². The van der Waals surface area contributed by atoms with E-state index in [4.69, 9.17) is 9.63 Å². The van der Waals surface area contributed by atoms with Crippen LogP contribution in [0.4, 0.5) is 5.88 Å². The molecule has 1 aromatic rings. The van der Waals surface area contributed by atoms with Crippen LogP contribution < -0.4 is 0 Å². The van der Waals surface area contributed by atoms with E-state index in [1.165, 1.54) is 0 Å². The average molecular weight is 206 g/mol. The third-order valence-corrected chi connectivity index (χ3v) is 2.29. The van der Waals surface area contributed by atoms with Crippen molar-refractivity contribution in [2.75, 3.05) is 13.1 Å². The molecule has 1 aromatic heterocycles. The maximum atomic E-state index is 10.9. The predicted molar refractivity (Wildman–Crippen MR) is 49.7 cm³/mol. The van der Waals surface area contributed by atoms with Crippen molar-refractivity contribution in [3.05, 3.63) is 11.3 Å². The van der Waals surface area contributed by atoms with Gasteiger partial charge in [-0.05, 0) is 0 Å². The molecule has 0 saturated heterocycles. The molecule has 0 radical (unpaired) electrons. The van der Waals surface area contributed by atoms with Crippen LogP contribution in [0, 0.1) is 0 Å². The van der Waals surface area contributed by atoms with Gasteiger partial charge in [-0.1, -0.05) is 5.16 Å². The van der Waals surface area contributed by atoms with Gasteiger partial charge in [0.05, 0.1) is 6.54 Å². The first-order chi connectivity index (χ1) is 7.27. The van der Waals surface area contributed by atoms with E-state index in [-0.39, 0.29) is 11.6 Å². The quantitative estimate of drug-likeness (QED) is 0.704. The largest absolute Gasteiger partial charge is 0.476 e. The average Bonchev–Trinajstić information content (AvgIpc) is 2.82. The first-order valence-electron chi connectivity index (χ1n) is 4.36. The second-order valence-electron chi connectivity index (χ2n) is 3.16. The molecule has 0 bridgehead atoms. The Morgan fingerprint density at radius 2 is 2.47 bits per heavy atom. The highest BCUT2D eigenvalue weighted by Crippen LogP contribution is 2.29. The number of aromatic carboxylic acids is 1. The van der Waals surface area contributed by atoms with Gasteiger partial charge in [-0.15, -0.1) is 0 Å². The zero-order valence-corrected chi connectivity index (χ0v) is 7.54. The van der Waals surface area contributed by atoms with E-state index in [0.717, 1.165) is 0 Å². The van der Waals surface area contributed by atoms with Crippen molar-refractivity contribution in [3.63, 3.8) is 0 Å². The summed E-state index contributed by atoms with van der Waals surface area (Å²) in [4.78, 5) is 20.8. The van der Waals surface area contributed by atoms with Crippen LogP contribution in [0.2, 0.25) is 0 Å². The number of fused-ring (bicyclic) bond motifs is 3. The number of aromatic nitrogens is 1. The molecule has 0 saturated carbocycles. The lowest BCUT2D eigenvalue weighted by Gasteiger charge is -2.16. The topological polar surface area (TPSA) is 91.3 Å². The number of carboxylic acids is 1. The fourth-order valence-corrected chi connectivity index (χ4v) is 1.63. The molecule has 0 aliphatic carbocycles. The van der Waals surface area contributed by atoms with Crippen molar-refractivity contribution in [2.45, 2.75) is 0 Å². The second kappa shape index (κ2) is 2.66. The lowest BCUT2D eigenvalue weighted by molar-refractivity contribution is 0.0685. The van der Waals surface area contributed by atoms with E-state index in [1.807, 2.05) is 0 Å². The van der Waals surface area contributed by atoms with E-state index >= 15 is 0 Å². The summed E-state index contributed by atoms with van der Waals surface area (Å²) in [5.74, 6) is -0.338. The molecular formula is C8H6N4O3. The Morgan fingerprint density at radius 3 is 3.27 bits per heavy atom. The Bertz CT molecular complexity index is 502. The molecule has 0 amide bonds. The monoisotopic (exact) mass is 206 g/mol. The molecule has 0 aromatic carbocycles. The lowest BCUT2D eigenvalue weighted by Crippen LogP contribution is -2.30. The SMILES string of the molecule is O=C(O)c1noc2c1C1=NCCN1C=N2. The fraction of sp³-hybridized carbons (Fsp3) is 0.250. The summed E-state index contributed by atoms with van der Waals surface area (Å²) in [6.45, 7) is 1.34. The van der Waals surface area contributed by atoms with Crippen LogP contribution in [0.25, 0.3) is 0 Å². The van der Waals surface area contributed by atoms with Crippen molar-refractivity contribution in [3.8, 4) is 0 Å². The van der Waals surface area contributed by atoms with E-state index in [2.05, 4.69) is 15.1 Å². The normalized spacial score (nSPS) is 17.3. The number of carboxylic acid groups (broad SMARTS) is 1. The molecule has 1 N–H and O–H groups in total. The number of hydrogen-bond donors (Lipinski definition) is 1. The lowest BCUT2D eigenvalue weighted by atomic mass is 10.2. The Kier molecular flexibility index (Phi) is 1.44. The highest BCUT2D eigenvalue weighted by atomic mass is 16.5. The van der Waals surface area contributed by atoms with Crippen LogP contribution in [0.15, 0.2) is 14.5 Å². The number of hydrogen-bond acceptors (Lipinski definition) is 6. The van der Waals surface area contributed by atoms with Crippen molar-refractivity contribution in [1.82, 2.24) is 10.1 Å². The maximum Gasteiger partial charge on any atom is 0.358 e. The molecule has 0 spiro atoms. The van der Waals surface area contributed by atoms with Crippen LogP contribution >= 0.6 is 0 Å². The third-order valence-electron chi connectivity index (χ3n) is 2.29. The van der Waals surface area contributed by atoms with E-state index in [0.29, 0.717) is 24.5 Å². The third kappa shape index (κ3) is 0.997. The van der Waals surface area contributed by atoms with Gasteiger partial charge in [0.1, 0.15) is 17.7 Å². The number of aliphatic imine (C=N–C) groups is 2. The smallest absolute Gasteiger partial charge is 0.358 e. The molecule has 0 atom stereocenters. The zero-order valence-electron chi connectivity index (χ0n) is 7.54. The fourth-order valence-electron chi connectivity index (χ4n) is 1.63. The molecule has 15 heavy (non-hydrogen) atoms. The number of rotatable bonds is 1. The molecular weight excluding hydrogens is 200 g/mol. The van der Waals surface area contributed by atoms with Gasteiger partial charge in [-0.3, -0.25) is 4.99 Å². The predicted octanol–water partition coefficient (Wildman–Crippen LogP) is 0.108. The van der Waals surface area contributed by atoms with Gasteiger partial charge in [0, 0.05) is 6.54 Å². The Labute approximate surface area is 83.7 Å². The van der Waals surface area contributed by atoms with Gasteiger partial charge >= 0.3 is 5.97 Å². The minimum absolute atomic E-state index is 0.132. The Balaban J connectivity index is 2.23. The first-order valence-corrected chi connectivity index (χ1v) is 4.36. The second-order valence-corrected chi connectivity index (χ2v) is 3.16. The van der Waals surface area contributed by atoms with Gasteiger partial charge in [-0.2, -0.15) is 0 Å². The number of carbonyl (C=O) groups is 1. The van der Waals surface area contributed by atoms with Gasteiger partial charge in [-0.25, -0.2) is 9.79 Å². The number of amidine groups is 1. The first kappa shape index (κ1) is 8.16. The maximum absolute atomic E-state index is 10.9. The van der Waals surface area contributed by atoms with Crippen LogP contribution in [-0.2, 0) is 0 Å². The molecule has 0 unspecified atom stereocenters. The van der Waals surface area contributed by atoms with Gasteiger partial charge in [0.15, 0.2) is 0 Å². The molecule has 3 rings (SSSR count). The summed E-state index contributed by atoms with van der Waals surface area (Å²) in [6, 6.07) is 0. The van der Waals surface area contributed by atoms with Crippen LogP contribution in [0.3, 0.4) is 0 Å². The standard InChI is InChI=1S/C8H6N4O3/c13-8(14)5-4-6-9-1-2-12(6)3-10-7(4)15-11-5/h3H,1-2H2,(H,13,14). The summed E-state index contributed by atoms with van der Waals surface area (Å²) >= 11 is 0. The van der Waals surface area contributed by atoms with Crippen LogP contribution in [0.5, 0.6) is 0 Å². The van der Waals surface area contributed by atoms with Crippen LogP contribution in [0.1, 0.15) is 16.1 Å². The molecule has 2 aliphatic heterocycles. The summed E-state index contributed by atoms with van der Waals surface area (Å²) in [5, 5.41) is 12.4. The summed E-state index contributed by atoms with van der Waals surface area (Å²) < 4.78 is 4.82. The van der Waals surface area contributed by atoms with Gasteiger partial charge in [0.2, 0.25) is 5.69 Å². The van der Waals surface area contributed by atoms with Crippen molar-refractivity contribution >= 4 is 24.0 Å². The van der Waals surface area contributed by atoms with Gasteiger partial charge in [0.25, 0.3) is 5.88 Å². The summed E-state index contributed by atoms with van der Waals surface area (Å²) in [6.07, 6.45) is 1.57. The number of nitrogens with zero attached hydrogens (tertiary/aromatic N) is 4. The highest BCUT2D eigenvalue weighted by Gasteiger charge is 2.32. The summed E-state index contributed by atoms with van der Waals surface area (Å²) in [5.41, 5.74) is 0.245. The molecule has 7 heteroatoms. The van der Waals surface area contributed by atoms with Crippen molar-refractivity contribution in [2.24, 2.45) is 9.98 Å². The highest BCUT2D eigenvalue weighted by molar-refractivity contribution is 6.15. The van der Waals surface area contributed by atoms with Crippen LogP contribution in [-0.4, -0.2) is 46.4 Å². The Hall–Kier alpha value is -2.18. The van der Waals surface area contributed by atoms with E-state index < -0.39 is 5.97 Å². The molecule has 0 fully saturated rings. The molecule has 76 valence electrons. The molecule has 7 nitrogen and oxygen atoms in total. The van der Waals surface area contributed by atoms with E-state index in [9.17, 15) is 4.79 Å². The summed E-state index contributed by atoms with van der Waals surface area (Å²) in [7, 11) is 0. The molecule has 2 aliphatic rings. The Morgan fingerprint density at radius 1 is 1.60 bits per heavy atom. The minimum atomic E-state index is -1.13. The minimum Gasteiger partial charge on any atom is -0.476 e. The van der Waals surface area contributed by atoms with Crippen molar-refractivity contribution < 1.29 is 14.4 Å².